The highest BCUT2D eigenvalue weighted by Gasteiger charge is 2.24. The molecule has 2 aromatic rings. The summed E-state index contributed by atoms with van der Waals surface area (Å²) in [6, 6.07) is 3.27. The molecule has 7 heteroatoms. The fraction of sp³-hybridized carbons (Fsp3) is 0.429. The third kappa shape index (κ3) is 3.04. The SMILES string of the molecule is CCn1cc(S(=O)(=O)N(C)Cc2ccoc2C)cc1CO. The van der Waals surface area contributed by atoms with Gasteiger partial charge >= 0.3 is 0 Å². The molecule has 0 atom stereocenters. The van der Waals surface area contributed by atoms with Crippen molar-refractivity contribution in [1.82, 2.24) is 8.87 Å². The van der Waals surface area contributed by atoms with E-state index in [1.165, 1.54) is 17.4 Å². The Hall–Kier alpha value is -1.57. The summed E-state index contributed by atoms with van der Waals surface area (Å²) >= 11 is 0. The van der Waals surface area contributed by atoms with E-state index in [-0.39, 0.29) is 18.0 Å². The van der Waals surface area contributed by atoms with Gasteiger partial charge in [0.25, 0.3) is 0 Å². The molecule has 0 unspecified atom stereocenters. The van der Waals surface area contributed by atoms with Crippen LogP contribution in [0.25, 0.3) is 0 Å². The Morgan fingerprint density at radius 2 is 2.14 bits per heavy atom. The molecule has 1 N–H and O–H groups in total. The molecule has 0 radical (unpaired) electrons. The molecule has 21 heavy (non-hydrogen) atoms. The van der Waals surface area contributed by atoms with Gasteiger partial charge in [-0.2, -0.15) is 4.31 Å². The minimum absolute atomic E-state index is 0.187. The van der Waals surface area contributed by atoms with Crippen molar-refractivity contribution in [2.75, 3.05) is 7.05 Å². The van der Waals surface area contributed by atoms with Gasteiger partial charge in [-0.3, -0.25) is 0 Å². The van der Waals surface area contributed by atoms with Gasteiger partial charge in [-0.15, -0.1) is 0 Å². The van der Waals surface area contributed by atoms with E-state index in [9.17, 15) is 13.5 Å². The quantitative estimate of drug-likeness (QED) is 0.881. The van der Waals surface area contributed by atoms with Crippen LogP contribution in [0.15, 0.2) is 33.9 Å². The molecule has 0 aliphatic rings. The van der Waals surface area contributed by atoms with Crippen LogP contribution in [0.5, 0.6) is 0 Å². The molecule has 0 amide bonds. The average molecular weight is 312 g/mol. The zero-order valence-electron chi connectivity index (χ0n) is 12.4. The van der Waals surface area contributed by atoms with Gasteiger partial charge in [0.05, 0.1) is 12.9 Å². The highest BCUT2D eigenvalue weighted by Crippen LogP contribution is 2.21. The molecule has 0 fully saturated rings. The van der Waals surface area contributed by atoms with Gasteiger partial charge in [-0.05, 0) is 26.0 Å². The number of aliphatic hydroxyl groups excluding tert-OH is 1. The lowest BCUT2D eigenvalue weighted by Gasteiger charge is -2.15. The highest BCUT2D eigenvalue weighted by molar-refractivity contribution is 7.89. The smallest absolute Gasteiger partial charge is 0.244 e. The first kappa shape index (κ1) is 15.8. The van der Waals surface area contributed by atoms with Crippen LogP contribution in [0.3, 0.4) is 0 Å². The predicted molar refractivity (Wildman–Crippen MR) is 78.1 cm³/mol. The average Bonchev–Trinajstić information content (AvgIpc) is 3.05. The summed E-state index contributed by atoms with van der Waals surface area (Å²) in [5, 5.41) is 9.27. The first-order valence-electron chi connectivity index (χ1n) is 6.69. The van der Waals surface area contributed by atoms with Crippen molar-refractivity contribution in [3.8, 4) is 0 Å². The molecule has 2 aromatic heterocycles. The largest absolute Gasteiger partial charge is 0.469 e. The summed E-state index contributed by atoms with van der Waals surface area (Å²) < 4.78 is 33.3. The first-order valence-corrected chi connectivity index (χ1v) is 8.13. The topological polar surface area (TPSA) is 75.7 Å². The molecule has 0 aliphatic carbocycles. The summed E-state index contributed by atoms with van der Waals surface area (Å²) in [4.78, 5) is 0.192. The second-order valence-corrected chi connectivity index (χ2v) is 6.92. The Balaban J connectivity index is 2.28. The van der Waals surface area contributed by atoms with Gasteiger partial charge in [-0.1, -0.05) is 0 Å². The van der Waals surface area contributed by atoms with Gasteiger partial charge in [0, 0.05) is 37.6 Å². The molecule has 0 bridgehead atoms. The van der Waals surface area contributed by atoms with Gasteiger partial charge in [0.2, 0.25) is 10.0 Å². The van der Waals surface area contributed by atoms with Crippen LogP contribution in [0.2, 0.25) is 0 Å². The third-order valence-corrected chi connectivity index (χ3v) is 5.30. The van der Waals surface area contributed by atoms with E-state index in [1.54, 1.807) is 30.0 Å². The van der Waals surface area contributed by atoms with Crippen molar-refractivity contribution < 1.29 is 17.9 Å². The summed E-state index contributed by atoms with van der Waals surface area (Å²) in [6.07, 6.45) is 3.10. The maximum Gasteiger partial charge on any atom is 0.244 e. The summed E-state index contributed by atoms with van der Waals surface area (Å²) in [5.41, 5.74) is 1.42. The number of aromatic nitrogens is 1. The highest BCUT2D eigenvalue weighted by atomic mass is 32.2. The number of nitrogens with zero attached hydrogens (tertiary/aromatic N) is 2. The molecule has 6 nitrogen and oxygen atoms in total. The van der Waals surface area contributed by atoms with Gasteiger partial charge in [0.15, 0.2) is 0 Å². The zero-order valence-corrected chi connectivity index (χ0v) is 13.2. The van der Waals surface area contributed by atoms with E-state index in [0.29, 0.717) is 18.0 Å². The monoisotopic (exact) mass is 312 g/mol. The normalized spacial score (nSPS) is 12.2. The zero-order chi connectivity index (χ0) is 15.6. The van der Waals surface area contributed by atoms with Gasteiger partial charge < -0.3 is 14.1 Å². The lowest BCUT2D eigenvalue weighted by atomic mass is 10.3. The summed E-state index contributed by atoms with van der Waals surface area (Å²) in [6.45, 7) is 4.36. The molecule has 0 spiro atoms. The van der Waals surface area contributed by atoms with E-state index in [1.807, 2.05) is 6.92 Å². The number of rotatable bonds is 6. The van der Waals surface area contributed by atoms with E-state index in [4.69, 9.17) is 4.42 Å². The van der Waals surface area contributed by atoms with Crippen molar-refractivity contribution in [2.24, 2.45) is 0 Å². The van der Waals surface area contributed by atoms with Crippen LogP contribution < -0.4 is 0 Å². The second-order valence-electron chi connectivity index (χ2n) is 4.87. The lowest BCUT2D eigenvalue weighted by Crippen LogP contribution is -2.26. The van der Waals surface area contributed by atoms with Gasteiger partial charge in [0.1, 0.15) is 10.7 Å². The van der Waals surface area contributed by atoms with Crippen LogP contribution in [0.1, 0.15) is 23.9 Å². The first-order chi connectivity index (χ1) is 9.90. The molecule has 0 saturated heterocycles. The van der Waals surface area contributed by atoms with Crippen LogP contribution >= 0.6 is 0 Å². The Morgan fingerprint density at radius 3 is 2.62 bits per heavy atom. The second kappa shape index (κ2) is 6.05. The minimum atomic E-state index is -3.59. The van der Waals surface area contributed by atoms with E-state index in [0.717, 1.165) is 5.56 Å². The maximum atomic E-state index is 12.6. The molecule has 2 rings (SSSR count). The van der Waals surface area contributed by atoms with E-state index >= 15 is 0 Å². The molecule has 0 aliphatic heterocycles. The number of hydrogen-bond acceptors (Lipinski definition) is 4. The summed E-state index contributed by atoms with van der Waals surface area (Å²) in [7, 11) is -2.06. The van der Waals surface area contributed by atoms with E-state index in [2.05, 4.69) is 0 Å². The van der Waals surface area contributed by atoms with Crippen molar-refractivity contribution >= 4 is 10.0 Å². The van der Waals surface area contributed by atoms with Crippen molar-refractivity contribution in [3.63, 3.8) is 0 Å². The third-order valence-electron chi connectivity index (χ3n) is 3.53. The standard InChI is InChI=1S/C14H20N2O4S/c1-4-16-9-14(7-13(16)10-17)21(18,19)15(3)8-12-5-6-20-11(12)2/h5-7,9,17H,4,8,10H2,1-3H3. The molecular formula is C14H20N2O4S. The van der Waals surface area contributed by atoms with Crippen LogP contribution in [0, 0.1) is 6.92 Å². The van der Waals surface area contributed by atoms with Crippen LogP contribution in [-0.2, 0) is 29.7 Å². The minimum Gasteiger partial charge on any atom is -0.469 e. The van der Waals surface area contributed by atoms with Gasteiger partial charge in [-0.25, -0.2) is 8.42 Å². The predicted octanol–water partition coefficient (Wildman–Crippen LogP) is 1.72. The molecule has 0 aromatic carbocycles. The Labute approximate surface area is 124 Å². The molecule has 0 saturated carbocycles. The Bertz CT molecular complexity index is 694. The molecule has 116 valence electrons. The fourth-order valence-electron chi connectivity index (χ4n) is 2.17. The van der Waals surface area contributed by atoms with Crippen LogP contribution in [-0.4, -0.2) is 29.4 Å². The molecule has 2 heterocycles. The van der Waals surface area contributed by atoms with Crippen LogP contribution in [0.4, 0.5) is 0 Å². The summed E-state index contributed by atoms with van der Waals surface area (Å²) in [5.74, 6) is 0.708. The van der Waals surface area contributed by atoms with Crippen molar-refractivity contribution in [3.05, 3.63) is 41.6 Å². The van der Waals surface area contributed by atoms with E-state index < -0.39 is 10.0 Å². The number of furan rings is 1. The maximum absolute atomic E-state index is 12.6. The Kier molecular flexibility index (Phi) is 4.55. The Morgan fingerprint density at radius 1 is 1.43 bits per heavy atom. The van der Waals surface area contributed by atoms with Crippen molar-refractivity contribution in [2.45, 2.75) is 38.4 Å². The van der Waals surface area contributed by atoms with Crippen molar-refractivity contribution in [1.29, 1.82) is 0 Å². The number of sulfonamides is 1. The number of hydrogen-bond donors (Lipinski definition) is 1. The molecular weight excluding hydrogens is 292 g/mol. The number of aliphatic hydroxyl groups is 1. The fourth-order valence-corrected chi connectivity index (χ4v) is 3.39. The number of aryl methyl sites for hydroxylation is 2. The lowest BCUT2D eigenvalue weighted by molar-refractivity contribution is 0.271.